The number of fused-ring (bicyclic) bond motifs is 1. The Hall–Kier alpha value is -3.36. The van der Waals surface area contributed by atoms with Crippen LogP contribution in [-0.4, -0.2) is 59.1 Å². The molecule has 2 aromatic carbocycles. The summed E-state index contributed by atoms with van der Waals surface area (Å²) in [6, 6.07) is 11.8. The fourth-order valence-corrected chi connectivity index (χ4v) is 4.05. The number of benzene rings is 2. The minimum absolute atomic E-state index is 0.540. The third-order valence-corrected chi connectivity index (χ3v) is 5.77. The molecule has 1 saturated heterocycles. The van der Waals surface area contributed by atoms with Gasteiger partial charge in [0.25, 0.3) is 0 Å². The van der Waals surface area contributed by atoms with Crippen LogP contribution in [0.3, 0.4) is 0 Å². The van der Waals surface area contributed by atoms with E-state index in [2.05, 4.69) is 36.6 Å². The molecular weight excluding hydrogens is 410 g/mol. The molecule has 0 spiro atoms. The van der Waals surface area contributed by atoms with E-state index >= 15 is 0 Å². The second-order valence-corrected chi connectivity index (χ2v) is 7.90. The van der Waals surface area contributed by atoms with Crippen molar-refractivity contribution in [2.24, 2.45) is 0 Å². The number of anilines is 1. The SMILES string of the molecule is Fc1ccc(-c2[nH]cnc2-c2ccc3ncc(NCCN4CCNCC4)cc3c2)cc1F. The van der Waals surface area contributed by atoms with Crippen molar-refractivity contribution in [3.8, 4) is 22.5 Å². The summed E-state index contributed by atoms with van der Waals surface area (Å²) < 4.78 is 27.1. The lowest BCUT2D eigenvalue weighted by molar-refractivity contribution is 0.249. The van der Waals surface area contributed by atoms with Crippen LogP contribution in [0, 0.1) is 11.6 Å². The highest BCUT2D eigenvalue weighted by Gasteiger charge is 2.14. The zero-order valence-corrected chi connectivity index (χ0v) is 17.5. The Morgan fingerprint density at radius 1 is 0.938 bits per heavy atom. The van der Waals surface area contributed by atoms with Crippen LogP contribution in [0.25, 0.3) is 33.4 Å². The molecule has 4 aromatic rings. The van der Waals surface area contributed by atoms with Gasteiger partial charge < -0.3 is 15.6 Å². The predicted molar refractivity (Wildman–Crippen MR) is 122 cm³/mol. The van der Waals surface area contributed by atoms with Gasteiger partial charge in [0.2, 0.25) is 0 Å². The Morgan fingerprint density at radius 2 is 1.78 bits per heavy atom. The minimum Gasteiger partial charge on any atom is -0.382 e. The number of aromatic amines is 1. The number of piperazine rings is 1. The number of nitrogens with zero attached hydrogens (tertiary/aromatic N) is 3. The normalized spacial score (nSPS) is 14.7. The topological polar surface area (TPSA) is 68.9 Å². The number of pyridine rings is 1. The lowest BCUT2D eigenvalue weighted by Gasteiger charge is -2.27. The van der Waals surface area contributed by atoms with Crippen molar-refractivity contribution in [3.63, 3.8) is 0 Å². The summed E-state index contributed by atoms with van der Waals surface area (Å²) >= 11 is 0. The average Bonchev–Trinajstić information content (AvgIpc) is 3.31. The van der Waals surface area contributed by atoms with Gasteiger partial charge in [0.1, 0.15) is 0 Å². The lowest BCUT2D eigenvalue weighted by atomic mass is 10.0. The molecular formula is C24H24F2N6. The molecule has 0 amide bonds. The summed E-state index contributed by atoms with van der Waals surface area (Å²) in [5, 5.41) is 7.81. The van der Waals surface area contributed by atoms with Gasteiger partial charge in [-0.1, -0.05) is 6.07 Å². The van der Waals surface area contributed by atoms with E-state index in [0.29, 0.717) is 17.0 Å². The first-order valence-corrected chi connectivity index (χ1v) is 10.7. The van der Waals surface area contributed by atoms with E-state index in [9.17, 15) is 8.78 Å². The number of hydrogen-bond acceptors (Lipinski definition) is 5. The molecule has 164 valence electrons. The molecule has 6 nitrogen and oxygen atoms in total. The molecule has 0 radical (unpaired) electrons. The highest BCUT2D eigenvalue weighted by atomic mass is 19.2. The standard InChI is InChI=1S/C24H24F2N6/c25-20-3-1-17(13-21(20)26)24-23(30-15-31-24)16-2-4-22-18(11-16)12-19(14-29-22)28-7-10-32-8-5-27-6-9-32/h1-4,11-15,27-28H,5-10H2,(H,30,31). The van der Waals surface area contributed by atoms with Gasteiger partial charge in [0.15, 0.2) is 11.6 Å². The highest BCUT2D eigenvalue weighted by molar-refractivity contribution is 5.88. The molecule has 3 heterocycles. The summed E-state index contributed by atoms with van der Waals surface area (Å²) in [6.45, 7) is 6.08. The van der Waals surface area contributed by atoms with Gasteiger partial charge in [-0.05, 0) is 36.4 Å². The molecule has 2 aromatic heterocycles. The maximum Gasteiger partial charge on any atom is 0.159 e. The van der Waals surface area contributed by atoms with Crippen molar-refractivity contribution < 1.29 is 8.78 Å². The fourth-order valence-electron chi connectivity index (χ4n) is 4.05. The van der Waals surface area contributed by atoms with Crippen molar-refractivity contribution >= 4 is 16.6 Å². The smallest absolute Gasteiger partial charge is 0.159 e. The molecule has 0 saturated carbocycles. The number of halogens is 2. The van der Waals surface area contributed by atoms with Crippen LogP contribution in [-0.2, 0) is 0 Å². The first kappa shape index (κ1) is 20.5. The zero-order valence-electron chi connectivity index (χ0n) is 17.5. The third kappa shape index (κ3) is 4.32. The molecule has 8 heteroatoms. The molecule has 0 bridgehead atoms. The monoisotopic (exact) mass is 434 g/mol. The second-order valence-electron chi connectivity index (χ2n) is 7.90. The van der Waals surface area contributed by atoms with E-state index < -0.39 is 11.6 Å². The summed E-state index contributed by atoms with van der Waals surface area (Å²) in [4.78, 5) is 14.5. The Kier molecular flexibility index (Phi) is 5.79. The van der Waals surface area contributed by atoms with Gasteiger partial charge in [0.05, 0.1) is 35.1 Å². The van der Waals surface area contributed by atoms with E-state index in [4.69, 9.17) is 0 Å². The Balaban J connectivity index is 1.37. The van der Waals surface area contributed by atoms with Gasteiger partial charge in [0, 0.05) is 55.8 Å². The molecule has 1 aliphatic heterocycles. The molecule has 0 atom stereocenters. The predicted octanol–water partition coefficient (Wildman–Crippen LogP) is 3.89. The lowest BCUT2D eigenvalue weighted by Crippen LogP contribution is -2.45. The van der Waals surface area contributed by atoms with Crippen molar-refractivity contribution in [3.05, 3.63) is 66.6 Å². The number of H-pyrrole nitrogens is 1. The van der Waals surface area contributed by atoms with E-state index in [0.717, 1.165) is 67.5 Å². The largest absolute Gasteiger partial charge is 0.382 e. The Bertz CT molecular complexity index is 1230. The zero-order chi connectivity index (χ0) is 21.9. The van der Waals surface area contributed by atoms with Crippen LogP contribution in [0.4, 0.5) is 14.5 Å². The van der Waals surface area contributed by atoms with Gasteiger partial charge in [-0.15, -0.1) is 0 Å². The Morgan fingerprint density at radius 3 is 2.62 bits per heavy atom. The molecule has 0 aliphatic carbocycles. The average molecular weight is 434 g/mol. The van der Waals surface area contributed by atoms with Gasteiger partial charge in [-0.3, -0.25) is 9.88 Å². The van der Waals surface area contributed by atoms with Crippen molar-refractivity contribution in [1.82, 2.24) is 25.2 Å². The molecule has 3 N–H and O–H groups in total. The van der Waals surface area contributed by atoms with E-state index in [1.54, 1.807) is 12.4 Å². The molecule has 1 fully saturated rings. The first-order valence-electron chi connectivity index (χ1n) is 10.7. The minimum atomic E-state index is -0.887. The van der Waals surface area contributed by atoms with Gasteiger partial charge >= 0.3 is 0 Å². The summed E-state index contributed by atoms with van der Waals surface area (Å²) in [5.41, 5.74) is 4.58. The van der Waals surface area contributed by atoms with Crippen LogP contribution in [0.15, 0.2) is 55.0 Å². The van der Waals surface area contributed by atoms with Crippen molar-refractivity contribution in [2.45, 2.75) is 0 Å². The highest BCUT2D eigenvalue weighted by Crippen LogP contribution is 2.31. The number of nitrogens with one attached hydrogen (secondary N) is 3. The molecule has 1 aliphatic rings. The number of hydrogen-bond donors (Lipinski definition) is 3. The summed E-state index contributed by atoms with van der Waals surface area (Å²) in [5.74, 6) is -1.76. The number of rotatable bonds is 6. The summed E-state index contributed by atoms with van der Waals surface area (Å²) in [6.07, 6.45) is 3.41. The quantitative estimate of drug-likeness (QED) is 0.430. The van der Waals surface area contributed by atoms with Crippen LogP contribution < -0.4 is 10.6 Å². The number of aromatic nitrogens is 3. The molecule has 0 unspecified atom stereocenters. The van der Waals surface area contributed by atoms with Crippen LogP contribution >= 0.6 is 0 Å². The number of imidazole rings is 1. The van der Waals surface area contributed by atoms with Gasteiger partial charge in [-0.25, -0.2) is 13.8 Å². The maximum atomic E-state index is 13.7. The van der Waals surface area contributed by atoms with Crippen molar-refractivity contribution in [2.75, 3.05) is 44.6 Å². The van der Waals surface area contributed by atoms with Crippen LogP contribution in [0.5, 0.6) is 0 Å². The second kappa shape index (κ2) is 9.02. The van der Waals surface area contributed by atoms with Crippen LogP contribution in [0.1, 0.15) is 0 Å². The Labute approximate surface area is 184 Å². The van der Waals surface area contributed by atoms with Crippen molar-refractivity contribution in [1.29, 1.82) is 0 Å². The third-order valence-electron chi connectivity index (χ3n) is 5.77. The summed E-state index contributed by atoms with van der Waals surface area (Å²) in [7, 11) is 0. The van der Waals surface area contributed by atoms with E-state index in [1.165, 1.54) is 6.07 Å². The van der Waals surface area contributed by atoms with E-state index in [-0.39, 0.29) is 0 Å². The van der Waals surface area contributed by atoms with E-state index in [1.807, 2.05) is 24.4 Å². The fraction of sp³-hybridized carbons (Fsp3) is 0.250. The molecule has 32 heavy (non-hydrogen) atoms. The first-order chi connectivity index (χ1) is 15.7. The molecule has 5 rings (SSSR count). The maximum absolute atomic E-state index is 13.7. The van der Waals surface area contributed by atoms with Crippen LogP contribution in [0.2, 0.25) is 0 Å². The van der Waals surface area contributed by atoms with Gasteiger partial charge in [-0.2, -0.15) is 0 Å².